The van der Waals surface area contributed by atoms with Gasteiger partial charge in [-0.25, -0.2) is 0 Å². The van der Waals surface area contributed by atoms with Gasteiger partial charge in [0.2, 0.25) is 0 Å². The van der Waals surface area contributed by atoms with Crippen LogP contribution in [0.5, 0.6) is 0 Å². The van der Waals surface area contributed by atoms with Crippen molar-refractivity contribution < 1.29 is 0 Å². The van der Waals surface area contributed by atoms with E-state index in [1.807, 2.05) is 0 Å². The summed E-state index contributed by atoms with van der Waals surface area (Å²) in [6.07, 6.45) is 0. The van der Waals surface area contributed by atoms with Crippen LogP contribution in [-0.2, 0) is 5.41 Å². The molecule has 0 bridgehead atoms. The first-order chi connectivity index (χ1) is 9.64. The van der Waals surface area contributed by atoms with Crippen molar-refractivity contribution in [3.05, 3.63) is 61.0 Å². The van der Waals surface area contributed by atoms with Crippen LogP contribution in [0.2, 0.25) is 0 Å². The first kappa shape index (κ1) is 16.8. The van der Waals surface area contributed by atoms with Crippen molar-refractivity contribution in [3.8, 4) is 0 Å². The molecule has 0 aliphatic heterocycles. The Morgan fingerprint density at radius 2 is 1.29 bits per heavy atom. The number of rotatable bonds is 2. The Kier molecular flexibility index (Phi) is 4.75. The number of hydrogen-bond donors (Lipinski definition) is 0. The van der Waals surface area contributed by atoms with Gasteiger partial charge in [0.05, 0.1) is 0 Å². The molecule has 0 amide bonds. The number of hydrogen-bond acceptors (Lipinski definition) is 0. The molecule has 21 heavy (non-hydrogen) atoms. The van der Waals surface area contributed by atoms with Crippen LogP contribution in [0.25, 0.3) is 0 Å². The van der Waals surface area contributed by atoms with E-state index < -0.39 is 0 Å². The molecule has 2 rings (SSSR count). The summed E-state index contributed by atoms with van der Waals surface area (Å²) in [5.41, 5.74) is 6.88. The van der Waals surface area contributed by atoms with E-state index in [0.29, 0.717) is 0 Å². The molecule has 2 radical (unpaired) electrons. The molecule has 0 aliphatic carbocycles. The lowest BCUT2D eigenvalue weighted by Gasteiger charge is -2.28. The second-order valence-electron chi connectivity index (χ2n) is 6.20. The molecule has 0 unspecified atom stereocenters. The second-order valence-corrected chi connectivity index (χ2v) is 7.91. The van der Waals surface area contributed by atoms with Crippen LogP contribution in [-0.4, -0.2) is 7.85 Å². The van der Waals surface area contributed by atoms with Crippen molar-refractivity contribution in [2.24, 2.45) is 0 Å². The number of halogens is 2. The Labute approximate surface area is 146 Å². The molecule has 0 fully saturated rings. The fourth-order valence-electron chi connectivity index (χ4n) is 2.42. The fraction of sp³-hybridized carbons (Fsp3) is 0.333. The third kappa shape index (κ3) is 3.14. The average molecular weight is 406 g/mol. The van der Waals surface area contributed by atoms with Crippen molar-refractivity contribution in [3.63, 3.8) is 0 Å². The fourth-order valence-corrected chi connectivity index (χ4v) is 3.61. The molecule has 2 aromatic rings. The van der Waals surface area contributed by atoms with Crippen LogP contribution < -0.4 is 5.46 Å². The lowest BCUT2D eigenvalue weighted by molar-refractivity contribution is 0.639. The maximum absolute atomic E-state index is 6.16. The van der Waals surface area contributed by atoms with Crippen LogP contribution in [0.4, 0.5) is 0 Å². The third-order valence-corrected chi connectivity index (χ3v) is 6.08. The predicted molar refractivity (Wildman–Crippen MR) is 100 cm³/mol. The van der Waals surface area contributed by atoms with Crippen LogP contribution in [0.15, 0.2) is 33.2 Å². The quantitative estimate of drug-likeness (QED) is 0.598. The van der Waals surface area contributed by atoms with Crippen molar-refractivity contribution in [2.45, 2.75) is 40.0 Å². The Morgan fingerprint density at radius 3 is 1.76 bits per heavy atom. The Balaban J connectivity index is 2.61. The second kappa shape index (κ2) is 5.93. The molecule has 3 heteroatoms. The summed E-state index contributed by atoms with van der Waals surface area (Å²) >= 11 is 7.30. The van der Waals surface area contributed by atoms with Crippen molar-refractivity contribution in [2.75, 3.05) is 0 Å². The maximum Gasteiger partial charge on any atom is 0.114 e. The Bertz CT molecular complexity index is 597. The SMILES string of the molecule is [B]c1cc(C(C)(C)c2cc(Br)c(C)c(Br)c2)cc(C)c1C. The molecule has 0 N–H and O–H groups in total. The smallest absolute Gasteiger partial charge is 0.0932 e. The minimum atomic E-state index is -0.106. The van der Waals surface area contributed by atoms with E-state index in [1.54, 1.807) is 0 Å². The molecule has 0 spiro atoms. The van der Waals surface area contributed by atoms with Gasteiger partial charge in [-0.3, -0.25) is 0 Å². The molecule has 0 atom stereocenters. The van der Waals surface area contributed by atoms with Crippen LogP contribution >= 0.6 is 31.9 Å². The van der Waals surface area contributed by atoms with Gasteiger partial charge in [0, 0.05) is 14.4 Å². The molecular formula is C18H19BBr2. The number of benzene rings is 2. The van der Waals surface area contributed by atoms with Gasteiger partial charge in [0.15, 0.2) is 0 Å². The van der Waals surface area contributed by atoms with Crippen LogP contribution in [0.3, 0.4) is 0 Å². The number of aryl methyl sites for hydroxylation is 1. The molecular weight excluding hydrogens is 387 g/mol. The van der Waals surface area contributed by atoms with E-state index in [2.05, 4.69) is 90.7 Å². The Hall–Kier alpha value is -0.535. The van der Waals surface area contributed by atoms with E-state index >= 15 is 0 Å². The minimum Gasteiger partial charge on any atom is -0.0932 e. The lowest BCUT2D eigenvalue weighted by atomic mass is 9.74. The van der Waals surface area contributed by atoms with Crippen LogP contribution in [0, 0.1) is 20.8 Å². The topological polar surface area (TPSA) is 0 Å². The average Bonchev–Trinajstić information content (AvgIpc) is 2.40. The summed E-state index contributed by atoms with van der Waals surface area (Å²) in [5.74, 6) is 0. The highest BCUT2D eigenvalue weighted by Gasteiger charge is 2.25. The molecule has 0 aromatic heterocycles. The van der Waals surface area contributed by atoms with Gasteiger partial charge in [-0.2, -0.15) is 0 Å². The van der Waals surface area contributed by atoms with E-state index in [4.69, 9.17) is 7.85 Å². The Morgan fingerprint density at radius 1 is 0.810 bits per heavy atom. The summed E-state index contributed by atoms with van der Waals surface area (Å²) in [6, 6.07) is 8.74. The van der Waals surface area contributed by atoms with Gasteiger partial charge in [0.1, 0.15) is 7.85 Å². The summed E-state index contributed by atoms with van der Waals surface area (Å²) in [5, 5.41) is 0. The third-order valence-electron chi connectivity index (χ3n) is 4.43. The summed E-state index contributed by atoms with van der Waals surface area (Å²) < 4.78 is 2.24. The summed E-state index contributed by atoms with van der Waals surface area (Å²) in [7, 11) is 6.16. The van der Waals surface area contributed by atoms with Gasteiger partial charge < -0.3 is 0 Å². The van der Waals surface area contributed by atoms with E-state index in [-0.39, 0.29) is 5.41 Å². The van der Waals surface area contributed by atoms with E-state index in [0.717, 1.165) is 14.4 Å². The molecule has 0 aliphatic rings. The van der Waals surface area contributed by atoms with Gasteiger partial charge >= 0.3 is 0 Å². The van der Waals surface area contributed by atoms with Crippen molar-refractivity contribution >= 4 is 45.2 Å². The van der Waals surface area contributed by atoms with Crippen molar-refractivity contribution in [1.29, 1.82) is 0 Å². The standard InChI is InChI=1S/C18H19BBr2/c1-10-6-13(7-15(19)11(10)2)18(4,5)14-8-16(20)12(3)17(21)9-14/h6-9H,1-5H3. The highest BCUT2D eigenvalue weighted by atomic mass is 79.9. The zero-order valence-electron chi connectivity index (χ0n) is 13.1. The summed E-state index contributed by atoms with van der Waals surface area (Å²) in [4.78, 5) is 0. The predicted octanol–water partition coefficient (Wildman–Crippen LogP) is 5.26. The highest BCUT2D eigenvalue weighted by molar-refractivity contribution is 9.11. The molecule has 108 valence electrons. The van der Waals surface area contributed by atoms with Gasteiger partial charge in [-0.15, -0.1) is 0 Å². The first-order valence-electron chi connectivity index (χ1n) is 6.98. The zero-order chi connectivity index (χ0) is 15.9. The van der Waals surface area contributed by atoms with E-state index in [9.17, 15) is 0 Å². The van der Waals surface area contributed by atoms with Gasteiger partial charge in [-0.1, -0.05) is 68.9 Å². The molecule has 0 saturated carbocycles. The van der Waals surface area contributed by atoms with Crippen LogP contribution in [0.1, 0.15) is 41.7 Å². The van der Waals surface area contributed by atoms with E-state index in [1.165, 1.54) is 27.8 Å². The monoisotopic (exact) mass is 404 g/mol. The molecule has 0 saturated heterocycles. The largest absolute Gasteiger partial charge is 0.114 e. The highest BCUT2D eigenvalue weighted by Crippen LogP contribution is 2.36. The van der Waals surface area contributed by atoms with Gasteiger partial charge in [0.25, 0.3) is 0 Å². The first-order valence-corrected chi connectivity index (χ1v) is 8.56. The zero-order valence-corrected chi connectivity index (χ0v) is 16.3. The summed E-state index contributed by atoms with van der Waals surface area (Å²) in [6.45, 7) is 10.8. The minimum absolute atomic E-state index is 0.106. The molecule has 0 heterocycles. The molecule has 2 aromatic carbocycles. The normalized spacial score (nSPS) is 11.8. The molecule has 0 nitrogen and oxygen atoms in total. The lowest BCUT2D eigenvalue weighted by Crippen LogP contribution is -2.23. The van der Waals surface area contributed by atoms with Crippen molar-refractivity contribution in [1.82, 2.24) is 0 Å². The van der Waals surface area contributed by atoms with Gasteiger partial charge in [-0.05, 0) is 55.2 Å². The maximum atomic E-state index is 6.16.